The van der Waals surface area contributed by atoms with E-state index in [1.165, 1.54) is 18.3 Å². The lowest BCUT2D eigenvalue weighted by molar-refractivity contribution is -0.141. The highest BCUT2D eigenvalue weighted by molar-refractivity contribution is 5.57. The van der Waals surface area contributed by atoms with E-state index in [1.54, 1.807) is 24.2 Å². The van der Waals surface area contributed by atoms with Crippen LogP contribution in [-0.4, -0.2) is 47.7 Å². The first-order valence-electron chi connectivity index (χ1n) is 11.4. The highest BCUT2D eigenvalue weighted by Crippen LogP contribution is 2.38. The lowest BCUT2D eigenvalue weighted by atomic mass is 10.0. The van der Waals surface area contributed by atoms with Crippen molar-refractivity contribution in [1.82, 2.24) is 15.0 Å². The fraction of sp³-hybridized carbons (Fsp3) is 0.375. The largest absolute Gasteiger partial charge is 0.486 e. The van der Waals surface area contributed by atoms with E-state index in [1.807, 2.05) is 4.90 Å². The third-order valence-electron chi connectivity index (χ3n) is 6.48. The molecule has 1 saturated heterocycles. The molecule has 12 heteroatoms. The van der Waals surface area contributed by atoms with E-state index >= 15 is 0 Å². The Morgan fingerprint density at radius 3 is 2.56 bits per heavy atom. The fourth-order valence-corrected chi connectivity index (χ4v) is 4.52. The van der Waals surface area contributed by atoms with Crippen molar-refractivity contribution in [2.45, 2.75) is 31.1 Å². The highest BCUT2D eigenvalue weighted by Gasteiger charge is 2.33. The molecule has 0 spiro atoms. The molecule has 0 bridgehead atoms. The zero-order valence-corrected chi connectivity index (χ0v) is 19.3. The van der Waals surface area contributed by atoms with Crippen LogP contribution in [0, 0.1) is 11.6 Å². The topological polar surface area (TPSA) is 66.4 Å². The number of rotatable bonds is 4. The first kappa shape index (κ1) is 24.0. The SMILES string of the molecule is CN1c2nc(NC3CCN(c4ccnc(C(F)(F)F)c4)CC3)ncc2OCC1c1ccc(F)cc1F. The van der Waals surface area contributed by atoms with Gasteiger partial charge in [-0.15, -0.1) is 0 Å². The normalized spacial score (nSPS) is 18.6. The van der Waals surface area contributed by atoms with E-state index in [0.717, 1.165) is 12.1 Å². The molecule has 190 valence electrons. The Bertz CT molecular complexity index is 1250. The van der Waals surface area contributed by atoms with E-state index < -0.39 is 29.5 Å². The molecule has 36 heavy (non-hydrogen) atoms. The second kappa shape index (κ2) is 9.40. The third kappa shape index (κ3) is 4.84. The molecule has 1 atom stereocenters. The molecule has 0 saturated carbocycles. The molecule has 1 aromatic carbocycles. The summed E-state index contributed by atoms with van der Waals surface area (Å²) >= 11 is 0. The molecule has 2 aliphatic heterocycles. The number of anilines is 3. The van der Waals surface area contributed by atoms with Crippen LogP contribution in [0.25, 0.3) is 0 Å². The van der Waals surface area contributed by atoms with Crippen LogP contribution in [0.1, 0.15) is 30.1 Å². The van der Waals surface area contributed by atoms with Crippen molar-refractivity contribution in [1.29, 1.82) is 0 Å². The molecule has 2 aromatic heterocycles. The molecule has 7 nitrogen and oxygen atoms in total. The van der Waals surface area contributed by atoms with E-state index in [0.29, 0.717) is 54.7 Å². The van der Waals surface area contributed by atoms with Crippen LogP contribution in [-0.2, 0) is 6.18 Å². The van der Waals surface area contributed by atoms with Gasteiger partial charge in [0, 0.05) is 49.7 Å². The van der Waals surface area contributed by atoms with Crippen molar-refractivity contribution in [2.24, 2.45) is 0 Å². The van der Waals surface area contributed by atoms with Crippen LogP contribution in [0.15, 0.2) is 42.7 Å². The average molecular weight is 506 g/mol. The van der Waals surface area contributed by atoms with Crippen molar-refractivity contribution < 1.29 is 26.7 Å². The number of nitrogens with zero attached hydrogens (tertiary/aromatic N) is 5. The van der Waals surface area contributed by atoms with E-state index in [2.05, 4.69) is 20.3 Å². The predicted molar refractivity (Wildman–Crippen MR) is 123 cm³/mol. The number of benzene rings is 1. The Balaban J connectivity index is 1.25. The number of piperidine rings is 1. The number of likely N-dealkylation sites (N-methyl/N-ethyl adjacent to an activating group) is 1. The second-order valence-corrected chi connectivity index (χ2v) is 8.79. The van der Waals surface area contributed by atoms with Crippen LogP contribution in [0.5, 0.6) is 5.75 Å². The minimum absolute atomic E-state index is 0.0170. The number of hydrogen-bond donors (Lipinski definition) is 1. The van der Waals surface area contributed by atoms with Gasteiger partial charge in [0.15, 0.2) is 11.6 Å². The zero-order chi connectivity index (χ0) is 25.4. The summed E-state index contributed by atoms with van der Waals surface area (Å²) in [4.78, 5) is 16.0. The summed E-state index contributed by atoms with van der Waals surface area (Å²) in [6, 6.07) is 5.61. The van der Waals surface area contributed by atoms with Crippen LogP contribution in [0.2, 0.25) is 0 Å². The molecular weight excluding hydrogens is 483 g/mol. The first-order valence-corrected chi connectivity index (χ1v) is 11.4. The molecule has 4 heterocycles. The lowest BCUT2D eigenvalue weighted by Gasteiger charge is -2.36. The maximum absolute atomic E-state index is 14.4. The minimum Gasteiger partial charge on any atom is -0.486 e. The van der Waals surface area contributed by atoms with Crippen LogP contribution < -0.4 is 19.9 Å². The van der Waals surface area contributed by atoms with Crippen molar-refractivity contribution in [2.75, 3.05) is 41.9 Å². The summed E-state index contributed by atoms with van der Waals surface area (Å²) in [5.41, 5.74) is -0.124. The quantitative estimate of drug-likeness (QED) is 0.509. The third-order valence-corrected chi connectivity index (χ3v) is 6.48. The average Bonchev–Trinajstić information content (AvgIpc) is 2.85. The molecule has 1 fully saturated rings. The summed E-state index contributed by atoms with van der Waals surface area (Å²) in [5.74, 6) is -0.0162. The zero-order valence-electron chi connectivity index (χ0n) is 19.3. The maximum Gasteiger partial charge on any atom is 0.433 e. The number of halogens is 5. The number of pyridine rings is 1. The predicted octanol–water partition coefficient (Wildman–Crippen LogP) is 4.82. The molecule has 1 N–H and O–H groups in total. The van der Waals surface area contributed by atoms with Crippen molar-refractivity contribution in [3.8, 4) is 5.75 Å². The molecule has 0 amide bonds. The molecule has 1 unspecified atom stereocenters. The standard InChI is InChI=1S/C24H23F5N6O/c1-34-19(17-3-2-14(25)10-18(17)26)13-36-20-12-31-23(33-22(20)34)32-15-5-8-35(9-6-15)16-4-7-30-21(11-16)24(27,28)29/h2-4,7,10-12,15,19H,5-6,8-9,13H2,1H3,(H,31,32,33). The van der Waals surface area contributed by atoms with Gasteiger partial charge in [-0.1, -0.05) is 6.07 Å². The summed E-state index contributed by atoms with van der Waals surface area (Å²) in [5, 5.41) is 3.29. The highest BCUT2D eigenvalue weighted by atomic mass is 19.4. The van der Waals surface area contributed by atoms with Gasteiger partial charge in [0.2, 0.25) is 5.95 Å². The monoisotopic (exact) mass is 506 g/mol. The number of nitrogens with one attached hydrogen (secondary N) is 1. The molecule has 0 radical (unpaired) electrons. The van der Waals surface area contributed by atoms with Gasteiger partial charge in [-0.05, 0) is 31.0 Å². The molecule has 5 rings (SSSR count). The van der Waals surface area contributed by atoms with Gasteiger partial charge in [0.1, 0.15) is 23.9 Å². The minimum atomic E-state index is -4.49. The number of alkyl halides is 3. The van der Waals surface area contributed by atoms with Gasteiger partial charge in [0.25, 0.3) is 0 Å². The summed E-state index contributed by atoms with van der Waals surface area (Å²) in [6.07, 6.45) is -0.436. The fourth-order valence-electron chi connectivity index (χ4n) is 4.52. The number of hydrogen-bond acceptors (Lipinski definition) is 7. The van der Waals surface area contributed by atoms with E-state index in [-0.39, 0.29) is 12.6 Å². The molecule has 2 aliphatic rings. The van der Waals surface area contributed by atoms with Gasteiger partial charge in [0.05, 0.1) is 12.2 Å². The Hall–Kier alpha value is -3.70. The lowest BCUT2D eigenvalue weighted by Crippen LogP contribution is -2.40. The van der Waals surface area contributed by atoms with Gasteiger partial charge in [-0.3, -0.25) is 4.98 Å². The van der Waals surface area contributed by atoms with E-state index in [4.69, 9.17) is 4.74 Å². The first-order chi connectivity index (χ1) is 17.2. The van der Waals surface area contributed by atoms with Gasteiger partial charge in [-0.2, -0.15) is 18.2 Å². The van der Waals surface area contributed by atoms with Gasteiger partial charge < -0.3 is 19.9 Å². The summed E-state index contributed by atoms with van der Waals surface area (Å²) in [7, 11) is 1.76. The van der Waals surface area contributed by atoms with Crippen molar-refractivity contribution in [3.63, 3.8) is 0 Å². The number of aromatic nitrogens is 3. The molecule has 0 aliphatic carbocycles. The summed E-state index contributed by atoms with van der Waals surface area (Å²) < 4.78 is 72.4. The molecule has 3 aromatic rings. The van der Waals surface area contributed by atoms with Crippen molar-refractivity contribution >= 4 is 17.5 Å². The Morgan fingerprint density at radius 2 is 1.83 bits per heavy atom. The maximum atomic E-state index is 14.4. The Kier molecular flexibility index (Phi) is 6.27. The second-order valence-electron chi connectivity index (χ2n) is 8.79. The smallest absolute Gasteiger partial charge is 0.433 e. The van der Waals surface area contributed by atoms with Crippen LogP contribution >= 0.6 is 0 Å². The molecular formula is C24H23F5N6O. The van der Waals surface area contributed by atoms with Gasteiger partial charge in [-0.25, -0.2) is 13.8 Å². The number of fused-ring (bicyclic) bond motifs is 1. The van der Waals surface area contributed by atoms with Crippen LogP contribution in [0.4, 0.5) is 39.4 Å². The van der Waals surface area contributed by atoms with E-state index in [9.17, 15) is 22.0 Å². The van der Waals surface area contributed by atoms with Crippen LogP contribution in [0.3, 0.4) is 0 Å². The number of ether oxygens (including phenoxy) is 1. The Morgan fingerprint density at radius 1 is 1.06 bits per heavy atom. The van der Waals surface area contributed by atoms with Gasteiger partial charge >= 0.3 is 6.18 Å². The Labute approximate surface area is 203 Å². The summed E-state index contributed by atoms with van der Waals surface area (Å²) in [6.45, 7) is 1.27. The van der Waals surface area contributed by atoms with Crippen molar-refractivity contribution in [3.05, 3.63) is 65.6 Å².